The Morgan fingerprint density at radius 3 is 2.48 bits per heavy atom. The molecule has 0 bridgehead atoms. The van der Waals surface area contributed by atoms with E-state index in [9.17, 15) is 9.59 Å². The summed E-state index contributed by atoms with van der Waals surface area (Å²) >= 11 is 0. The molecule has 6 nitrogen and oxygen atoms in total. The molecule has 1 aromatic rings. The number of nitrogens with one attached hydrogen (secondary N) is 1. The molecule has 0 radical (unpaired) electrons. The van der Waals surface area contributed by atoms with E-state index >= 15 is 0 Å². The minimum Gasteiger partial charge on any atom is -0.478 e. The second-order valence-corrected chi connectivity index (χ2v) is 5.85. The molecule has 0 heterocycles. The summed E-state index contributed by atoms with van der Waals surface area (Å²) in [5, 5.41) is 12.0. The first kappa shape index (κ1) is 17.0. The molecule has 0 amide bonds. The summed E-state index contributed by atoms with van der Waals surface area (Å²) in [6, 6.07) is 3.25. The lowest BCUT2D eigenvalue weighted by Crippen LogP contribution is -2.31. The molecule has 0 aliphatic carbocycles. The van der Waals surface area contributed by atoms with Crippen LogP contribution in [-0.4, -0.2) is 29.2 Å². The van der Waals surface area contributed by atoms with Gasteiger partial charge in [-0.05, 0) is 51.0 Å². The molecule has 0 spiro atoms. The number of aromatic carboxylic acids is 1. The second-order valence-electron chi connectivity index (χ2n) is 5.85. The molecule has 21 heavy (non-hydrogen) atoms. The quantitative estimate of drug-likeness (QED) is 0.564. The van der Waals surface area contributed by atoms with E-state index in [4.69, 9.17) is 15.6 Å². The van der Waals surface area contributed by atoms with Crippen LogP contribution in [0.4, 0.5) is 5.69 Å². The SMILES string of the molecule is Cc1c(N)cc(CNCC(=O)OC(C)(C)C)cc1C(=O)O. The van der Waals surface area contributed by atoms with Crippen LogP contribution in [0.3, 0.4) is 0 Å². The Balaban J connectivity index is 2.65. The van der Waals surface area contributed by atoms with Gasteiger partial charge in [-0.15, -0.1) is 0 Å². The van der Waals surface area contributed by atoms with Crippen LogP contribution in [0.25, 0.3) is 0 Å². The first-order chi connectivity index (χ1) is 9.60. The zero-order chi connectivity index (χ0) is 16.2. The Morgan fingerprint density at radius 2 is 1.95 bits per heavy atom. The van der Waals surface area contributed by atoms with Gasteiger partial charge in [-0.2, -0.15) is 0 Å². The molecule has 116 valence electrons. The van der Waals surface area contributed by atoms with Gasteiger partial charge < -0.3 is 20.9 Å². The third-order valence-electron chi connectivity index (χ3n) is 2.76. The summed E-state index contributed by atoms with van der Waals surface area (Å²) in [5.41, 5.74) is 7.11. The van der Waals surface area contributed by atoms with Gasteiger partial charge in [0.25, 0.3) is 0 Å². The van der Waals surface area contributed by atoms with E-state index in [0.29, 0.717) is 23.4 Å². The number of nitrogen functional groups attached to an aromatic ring is 1. The zero-order valence-corrected chi connectivity index (χ0v) is 12.8. The predicted octanol–water partition coefficient (Wildman–Crippen LogP) is 1.71. The highest BCUT2D eigenvalue weighted by Crippen LogP contribution is 2.19. The topological polar surface area (TPSA) is 102 Å². The molecule has 0 atom stereocenters. The van der Waals surface area contributed by atoms with Crippen molar-refractivity contribution in [1.29, 1.82) is 0 Å². The number of esters is 1. The van der Waals surface area contributed by atoms with Crippen molar-refractivity contribution < 1.29 is 19.4 Å². The van der Waals surface area contributed by atoms with Gasteiger partial charge in [0.1, 0.15) is 5.60 Å². The zero-order valence-electron chi connectivity index (χ0n) is 12.8. The Kier molecular flexibility index (Phi) is 5.32. The van der Waals surface area contributed by atoms with Gasteiger partial charge in [0.05, 0.1) is 12.1 Å². The lowest BCUT2D eigenvalue weighted by Gasteiger charge is -2.19. The third kappa shape index (κ3) is 5.43. The monoisotopic (exact) mass is 294 g/mol. The molecule has 0 aliphatic heterocycles. The highest BCUT2D eigenvalue weighted by molar-refractivity contribution is 5.91. The van der Waals surface area contributed by atoms with Crippen LogP contribution in [0.1, 0.15) is 42.3 Å². The van der Waals surface area contributed by atoms with E-state index in [-0.39, 0.29) is 18.1 Å². The van der Waals surface area contributed by atoms with Gasteiger partial charge in [-0.25, -0.2) is 4.79 Å². The van der Waals surface area contributed by atoms with Crippen LogP contribution in [0.5, 0.6) is 0 Å². The number of benzene rings is 1. The van der Waals surface area contributed by atoms with Gasteiger partial charge >= 0.3 is 11.9 Å². The minimum atomic E-state index is -1.02. The number of nitrogens with two attached hydrogens (primary N) is 1. The van der Waals surface area contributed by atoms with Gasteiger partial charge in [0.15, 0.2) is 0 Å². The smallest absolute Gasteiger partial charge is 0.336 e. The summed E-state index contributed by atoms with van der Waals surface area (Å²) in [6.07, 6.45) is 0. The Labute approximate surface area is 124 Å². The number of carbonyl (C=O) groups excluding carboxylic acids is 1. The number of rotatable bonds is 5. The van der Waals surface area contributed by atoms with E-state index in [1.807, 2.05) is 0 Å². The molecule has 0 saturated carbocycles. The van der Waals surface area contributed by atoms with Crippen LogP contribution in [0.2, 0.25) is 0 Å². The largest absolute Gasteiger partial charge is 0.478 e. The fraction of sp³-hybridized carbons (Fsp3) is 0.467. The first-order valence-corrected chi connectivity index (χ1v) is 6.65. The fourth-order valence-electron chi connectivity index (χ4n) is 1.81. The van der Waals surface area contributed by atoms with Gasteiger partial charge in [-0.1, -0.05) is 0 Å². The average molecular weight is 294 g/mol. The van der Waals surface area contributed by atoms with E-state index in [1.165, 1.54) is 0 Å². The third-order valence-corrected chi connectivity index (χ3v) is 2.76. The maximum absolute atomic E-state index is 11.5. The van der Waals surface area contributed by atoms with Crippen LogP contribution in [0, 0.1) is 6.92 Å². The molecule has 0 aromatic heterocycles. The summed E-state index contributed by atoms with van der Waals surface area (Å²) in [6.45, 7) is 7.44. The van der Waals surface area contributed by atoms with Crippen LogP contribution < -0.4 is 11.1 Å². The number of anilines is 1. The van der Waals surface area contributed by atoms with E-state index in [0.717, 1.165) is 0 Å². The van der Waals surface area contributed by atoms with Crippen molar-refractivity contribution in [3.8, 4) is 0 Å². The average Bonchev–Trinajstić information content (AvgIpc) is 2.30. The highest BCUT2D eigenvalue weighted by Gasteiger charge is 2.16. The lowest BCUT2D eigenvalue weighted by atomic mass is 10.0. The molecule has 0 saturated heterocycles. The van der Waals surface area contributed by atoms with Crippen LogP contribution in [0.15, 0.2) is 12.1 Å². The van der Waals surface area contributed by atoms with E-state index in [2.05, 4.69) is 5.32 Å². The number of carbonyl (C=O) groups is 2. The fourth-order valence-corrected chi connectivity index (χ4v) is 1.81. The van der Waals surface area contributed by atoms with Crippen molar-refractivity contribution in [3.05, 3.63) is 28.8 Å². The normalized spacial score (nSPS) is 11.2. The summed E-state index contributed by atoms with van der Waals surface area (Å²) in [4.78, 5) is 22.7. The van der Waals surface area contributed by atoms with Gasteiger partial charge in [0, 0.05) is 12.2 Å². The molecule has 4 N–H and O–H groups in total. The van der Waals surface area contributed by atoms with Crippen molar-refractivity contribution in [1.82, 2.24) is 5.32 Å². The Hall–Kier alpha value is -2.08. The maximum Gasteiger partial charge on any atom is 0.336 e. The molecule has 1 aromatic carbocycles. The summed E-state index contributed by atoms with van der Waals surface area (Å²) in [7, 11) is 0. The summed E-state index contributed by atoms with van der Waals surface area (Å²) < 4.78 is 5.16. The Bertz CT molecular complexity index is 547. The van der Waals surface area contributed by atoms with Crippen molar-refractivity contribution in [3.63, 3.8) is 0 Å². The highest BCUT2D eigenvalue weighted by atomic mass is 16.6. The molecule has 0 aliphatic rings. The summed E-state index contributed by atoms with van der Waals surface area (Å²) in [5.74, 6) is -1.38. The van der Waals surface area contributed by atoms with E-state index in [1.54, 1.807) is 39.8 Å². The molecule has 0 fully saturated rings. The van der Waals surface area contributed by atoms with Gasteiger partial charge in [-0.3, -0.25) is 4.79 Å². The molecule has 6 heteroatoms. The van der Waals surface area contributed by atoms with Crippen molar-refractivity contribution in [2.45, 2.75) is 39.8 Å². The second kappa shape index (κ2) is 6.58. The Morgan fingerprint density at radius 1 is 1.33 bits per heavy atom. The van der Waals surface area contributed by atoms with Crippen molar-refractivity contribution in [2.75, 3.05) is 12.3 Å². The van der Waals surface area contributed by atoms with Crippen molar-refractivity contribution in [2.24, 2.45) is 0 Å². The molecular formula is C15H22N2O4. The molecular weight excluding hydrogens is 272 g/mol. The number of hydrogen-bond donors (Lipinski definition) is 3. The van der Waals surface area contributed by atoms with Gasteiger partial charge in [0.2, 0.25) is 0 Å². The maximum atomic E-state index is 11.5. The van der Waals surface area contributed by atoms with Crippen LogP contribution >= 0.6 is 0 Å². The van der Waals surface area contributed by atoms with Crippen LogP contribution in [-0.2, 0) is 16.1 Å². The standard InChI is InChI=1S/C15H22N2O4/c1-9-11(14(19)20)5-10(6-12(9)16)7-17-8-13(18)21-15(2,3)4/h5-6,17H,7-8,16H2,1-4H3,(H,19,20). The minimum absolute atomic E-state index is 0.0491. The number of ether oxygens (including phenoxy) is 1. The predicted molar refractivity (Wildman–Crippen MR) is 80.1 cm³/mol. The molecule has 1 rings (SSSR count). The molecule has 0 unspecified atom stereocenters. The van der Waals surface area contributed by atoms with Crippen molar-refractivity contribution >= 4 is 17.6 Å². The number of carboxylic acid groups (broad SMARTS) is 1. The number of carboxylic acids is 1. The van der Waals surface area contributed by atoms with E-state index < -0.39 is 11.6 Å². The lowest BCUT2D eigenvalue weighted by molar-refractivity contribution is -0.153. The first-order valence-electron chi connectivity index (χ1n) is 6.65. The number of hydrogen-bond acceptors (Lipinski definition) is 5.